The summed E-state index contributed by atoms with van der Waals surface area (Å²) < 4.78 is 0. The van der Waals surface area contributed by atoms with Gasteiger partial charge in [-0.2, -0.15) is 0 Å². The van der Waals surface area contributed by atoms with Gasteiger partial charge in [0.15, 0.2) is 0 Å². The molecule has 2 aromatic rings. The van der Waals surface area contributed by atoms with Crippen LogP contribution in [0, 0.1) is 5.41 Å². The molecule has 0 aliphatic rings. The molecule has 0 aliphatic carbocycles. The number of aromatic nitrogens is 1. The van der Waals surface area contributed by atoms with Crippen LogP contribution in [0.3, 0.4) is 0 Å². The molecule has 1 heterocycles. The van der Waals surface area contributed by atoms with Gasteiger partial charge in [-0.15, -0.1) is 0 Å². The molecular weight excluding hydrogens is 444 g/mol. The maximum absolute atomic E-state index is 13.7. The van der Waals surface area contributed by atoms with Crippen molar-refractivity contribution in [3.05, 3.63) is 47.7 Å². The number of carbonyl (C=O) groups excluding carboxylic acids is 2. The Labute approximate surface area is 208 Å². The normalized spacial score (nSPS) is 15.8. The van der Waals surface area contributed by atoms with E-state index < -0.39 is 28.9 Å². The lowest BCUT2D eigenvalue weighted by Gasteiger charge is -2.39. The van der Waals surface area contributed by atoms with E-state index in [0.717, 1.165) is 16.5 Å². The molecule has 8 heteroatoms. The summed E-state index contributed by atoms with van der Waals surface area (Å²) in [7, 11) is 3.36. The monoisotopic (exact) mass is 484 g/mol. The van der Waals surface area contributed by atoms with Crippen molar-refractivity contribution in [1.29, 1.82) is 0 Å². The molecule has 35 heavy (non-hydrogen) atoms. The van der Waals surface area contributed by atoms with Crippen molar-refractivity contribution in [2.45, 2.75) is 65.5 Å². The molecule has 8 nitrogen and oxygen atoms in total. The van der Waals surface area contributed by atoms with E-state index in [9.17, 15) is 14.4 Å². The number of carboxylic acid groups (broad SMARTS) is 1. The zero-order chi connectivity index (χ0) is 26.6. The van der Waals surface area contributed by atoms with Crippen LogP contribution in [0.5, 0.6) is 0 Å². The SMILES string of the molecule is CC[C@](C)(c1c[nH]c2ccccc12)C(NC)C(=O)NC(C(=O)N(C)C/C=C(\C)C(=O)O)C(C)(C)C. The number of carboxylic acids is 1. The van der Waals surface area contributed by atoms with Crippen LogP contribution >= 0.6 is 0 Å². The van der Waals surface area contributed by atoms with Gasteiger partial charge in [-0.05, 0) is 37.4 Å². The fourth-order valence-corrected chi connectivity index (χ4v) is 4.38. The molecular formula is C27H40N4O4. The number of H-pyrrole nitrogens is 1. The molecule has 1 aromatic carbocycles. The van der Waals surface area contributed by atoms with E-state index in [-0.39, 0.29) is 23.9 Å². The Balaban J connectivity index is 2.35. The minimum atomic E-state index is -1.03. The Kier molecular flexibility index (Phi) is 8.89. The van der Waals surface area contributed by atoms with Gasteiger partial charge in [0.05, 0.1) is 6.04 Å². The highest BCUT2D eigenvalue weighted by molar-refractivity contribution is 5.93. The number of aromatic amines is 1. The van der Waals surface area contributed by atoms with Gasteiger partial charge in [-0.3, -0.25) is 9.59 Å². The Bertz CT molecular complexity index is 1100. The lowest BCUT2D eigenvalue weighted by Crippen LogP contribution is -2.61. The second-order valence-corrected chi connectivity index (χ2v) is 10.5. The number of amides is 2. The zero-order valence-corrected chi connectivity index (χ0v) is 22.2. The van der Waals surface area contributed by atoms with Gasteiger partial charge in [0.25, 0.3) is 0 Å². The Morgan fingerprint density at radius 3 is 2.31 bits per heavy atom. The molecule has 4 N–H and O–H groups in total. The topological polar surface area (TPSA) is 115 Å². The van der Waals surface area contributed by atoms with Crippen LogP contribution in [0.2, 0.25) is 0 Å². The van der Waals surface area contributed by atoms with Gasteiger partial charge < -0.3 is 25.6 Å². The average Bonchev–Trinajstić information content (AvgIpc) is 3.24. The number of benzene rings is 1. The summed E-state index contributed by atoms with van der Waals surface area (Å²) in [6, 6.07) is 6.62. The third kappa shape index (κ3) is 6.11. The van der Waals surface area contributed by atoms with Crippen LogP contribution in [-0.4, -0.2) is 65.5 Å². The number of fused-ring (bicyclic) bond motifs is 1. The predicted octanol–water partition coefficient (Wildman–Crippen LogP) is 3.44. The summed E-state index contributed by atoms with van der Waals surface area (Å²) in [5.41, 5.74) is 1.10. The molecule has 2 amide bonds. The lowest BCUT2D eigenvalue weighted by molar-refractivity contribution is -0.139. The smallest absolute Gasteiger partial charge is 0.331 e. The van der Waals surface area contributed by atoms with Gasteiger partial charge in [-0.1, -0.05) is 58.9 Å². The molecule has 192 valence electrons. The van der Waals surface area contributed by atoms with E-state index in [1.54, 1.807) is 14.1 Å². The number of nitrogens with zero attached hydrogens (tertiary/aromatic N) is 1. The molecule has 0 saturated carbocycles. The molecule has 0 spiro atoms. The van der Waals surface area contributed by atoms with Crippen LogP contribution in [-0.2, 0) is 19.8 Å². The predicted molar refractivity (Wildman–Crippen MR) is 139 cm³/mol. The second kappa shape index (κ2) is 11.1. The summed E-state index contributed by atoms with van der Waals surface area (Å²) in [4.78, 5) is 42.9. The lowest BCUT2D eigenvalue weighted by atomic mass is 9.73. The van der Waals surface area contributed by atoms with E-state index in [4.69, 9.17) is 5.11 Å². The number of para-hydroxylation sites is 1. The minimum absolute atomic E-state index is 0.136. The first-order chi connectivity index (χ1) is 16.3. The number of likely N-dealkylation sites (N-methyl/N-ethyl adjacent to an activating group) is 2. The average molecular weight is 485 g/mol. The van der Waals surface area contributed by atoms with Gasteiger partial charge in [0, 0.05) is 41.7 Å². The molecule has 1 aromatic heterocycles. The highest BCUT2D eigenvalue weighted by atomic mass is 16.4. The molecule has 0 bridgehead atoms. The van der Waals surface area contributed by atoms with Crippen LogP contribution in [0.1, 0.15) is 53.5 Å². The Morgan fingerprint density at radius 2 is 1.77 bits per heavy atom. The zero-order valence-electron chi connectivity index (χ0n) is 22.2. The number of hydrogen-bond acceptors (Lipinski definition) is 4. The van der Waals surface area contributed by atoms with Crippen LogP contribution in [0.15, 0.2) is 42.1 Å². The Morgan fingerprint density at radius 1 is 1.14 bits per heavy atom. The molecule has 2 rings (SSSR count). The van der Waals surface area contributed by atoms with Crippen molar-refractivity contribution < 1.29 is 19.5 Å². The van der Waals surface area contributed by atoms with Crippen LogP contribution in [0.4, 0.5) is 0 Å². The third-order valence-electron chi connectivity index (χ3n) is 6.91. The van der Waals surface area contributed by atoms with Crippen LogP contribution in [0.25, 0.3) is 10.9 Å². The van der Waals surface area contributed by atoms with Crippen molar-refractivity contribution in [3.63, 3.8) is 0 Å². The molecule has 2 unspecified atom stereocenters. The van der Waals surface area contributed by atoms with Crippen molar-refractivity contribution in [3.8, 4) is 0 Å². The largest absolute Gasteiger partial charge is 0.478 e. The molecule has 0 saturated heterocycles. The number of nitrogens with one attached hydrogen (secondary N) is 3. The van der Waals surface area contributed by atoms with Crippen molar-refractivity contribution >= 4 is 28.7 Å². The molecule has 3 atom stereocenters. The van der Waals surface area contributed by atoms with Crippen molar-refractivity contribution in [2.75, 3.05) is 20.6 Å². The number of aliphatic carboxylic acids is 1. The quantitative estimate of drug-likeness (QED) is 0.386. The molecule has 0 fully saturated rings. The highest BCUT2D eigenvalue weighted by Gasteiger charge is 2.43. The van der Waals surface area contributed by atoms with Gasteiger partial charge in [0.1, 0.15) is 6.04 Å². The molecule has 0 radical (unpaired) electrons. The maximum Gasteiger partial charge on any atom is 0.331 e. The summed E-state index contributed by atoms with van der Waals surface area (Å²) in [5, 5.41) is 16.4. The number of hydrogen-bond donors (Lipinski definition) is 4. The standard InChI is InChI=1S/C27H40N4O4/c1-9-27(6,19-16-29-20-13-11-10-12-18(19)20)21(28-7)23(32)30-22(26(3,4)5)24(33)31(8)15-14-17(2)25(34)35/h10-14,16,21-22,28-29H,9,15H2,1-8H3,(H,30,32)(H,34,35)/b17-14+/t21?,22?,27-/m1/s1. The first-order valence-electron chi connectivity index (χ1n) is 12.0. The van der Waals surface area contributed by atoms with E-state index in [2.05, 4.69) is 29.5 Å². The van der Waals surface area contributed by atoms with E-state index >= 15 is 0 Å². The first-order valence-corrected chi connectivity index (χ1v) is 12.0. The number of rotatable bonds is 10. The van der Waals surface area contributed by atoms with Gasteiger partial charge in [-0.25, -0.2) is 4.79 Å². The first kappa shape index (κ1) is 28.1. The summed E-state index contributed by atoms with van der Waals surface area (Å²) >= 11 is 0. The Hall–Kier alpha value is -3.13. The van der Waals surface area contributed by atoms with Crippen LogP contribution < -0.4 is 10.6 Å². The summed E-state index contributed by atoms with van der Waals surface area (Å²) in [5.74, 6) is -1.57. The minimum Gasteiger partial charge on any atom is -0.478 e. The fraction of sp³-hybridized carbons (Fsp3) is 0.519. The van der Waals surface area contributed by atoms with E-state index in [0.29, 0.717) is 6.42 Å². The van der Waals surface area contributed by atoms with E-state index in [1.807, 2.05) is 51.2 Å². The maximum atomic E-state index is 13.7. The van der Waals surface area contributed by atoms with Gasteiger partial charge >= 0.3 is 5.97 Å². The van der Waals surface area contributed by atoms with Crippen molar-refractivity contribution in [2.24, 2.45) is 5.41 Å². The van der Waals surface area contributed by atoms with Crippen molar-refractivity contribution in [1.82, 2.24) is 20.5 Å². The number of carbonyl (C=O) groups is 3. The summed E-state index contributed by atoms with van der Waals surface area (Å²) in [6.45, 7) is 11.4. The molecule has 0 aliphatic heterocycles. The summed E-state index contributed by atoms with van der Waals surface area (Å²) in [6.07, 6.45) is 4.15. The highest BCUT2D eigenvalue weighted by Crippen LogP contribution is 2.36. The van der Waals surface area contributed by atoms with Gasteiger partial charge in [0.2, 0.25) is 11.8 Å². The van der Waals surface area contributed by atoms with E-state index in [1.165, 1.54) is 17.9 Å². The fourth-order valence-electron chi connectivity index (χ4n) is 4.38. The second-order valence-electron chi connectivity index (χ2n) is 10.5. The third-order valence-corrected chi connectivity index (χ3v) is 6.91.